The van der Waals surface area contributed by atoms with Gasteiger partial charge in [0, 0.05) is 71.7 Å². The van der Waals surface area contributed by atoms with Crippen molar-refractivity contribution in [3.8, 4) is 62.0 Å². The van der Waals surface area contributed by atoms with Crippen LogP contribution in [0.25, 0.3) is 44.8 Å². The molecule has 8 aliphatic carbocycles. The zero-order valence-electron chi connectivity index (χ0n) is 39.5. The van der Waals surface area contributed by atoms with Crippen molar-refractivity contribution in [2.75, 3.05) is 6.61 Å². The Morgan fingerprint density at radius 3 is 1.14 bits per heavy atom. The van der Waals surface area contributed by atoms with Gasteiger partial charge in [0.2, 0.25) is 0 Å². The topological polar surface area (TPSA) is 62.6 Å². The summed E-state index contributed by atoms with van der Waals surface area (Å²) in [6, 6.07) is 30.5. The Morgan fingerprint density at radius 2 is 0.828 bits per heavy atom. The molecule has 64 heavy (non-hydrogen) atoms. The number of nitrogens with zero attached hydrogens (tertiary/aromatic N) is 1. The summed E-state index contributed by atoms with van der Waals surface area (Å²) in [6.45, 7) is 16.4. The first-order chi connectivity index (χ1) is 30.1. The monoisotopic (exact) mass is 929 g/mol. The van der Waals surface area contributed by atoms with Crippen LogP contribution in [0.15, 0.2) is 84.9 Å². The minimum atomic E-state index is -0.0934. The van der Waals surface area contributed by atoms with Gasteiger partial charge in [0.25, 0.3) is 0 Å². The predicted octanol–water partition coefficient (Wildman–Crippen LogP) is 15.1. The van der Waals surface area contributed by atoms with Crippen molar-refractivity contribution in [3.05, 3.63) is 107 Å². The molecule has 0 saturated heterocycles. The molecule has 8 fully saturated rings. The molecule has 13 rings (SSSR count). The number of aromatic hydroxyl groups is 2. The first kappa shape index (κ1) is 44.2. The second kappa shape index (κ2) is 16.0. The molecule has 2 N–H and O–H groups in total. The van der Waals surface area contributed by atoms with Crippen molar-refractivity contribution in [2.24, 2.45) is 35.5 Å². The zero-order chi connectivity index (χ0) is 43.6. The summed E-state index contributed by atoms with van der Waals surface area (Å²) in [7, 11) is 0. The van der Waals surface area contributed by atoms with Gasteiger partial charge in [-0.05, 0) is 176 Å². The fourth-order valence-corrected chi connectivity index (χ4v) is 15.1. The molecule has 8 bridgehead atoms. The quantitative estimate of drug-likeness (QED) is 0.163. The normalized spacial score (nSPS) is 28.9. The molecular formula is C59H69NO3Zr. The third-order valence-corrected chi connectivity index (χ3v) is 17.3. The summed E-state index contributed by atoms with van der Waals surface area (Å²) in [5, 5.41) is 25.4. The molecule has 332 valence electrons. The van der Waals surface area contributed by atoms with E-state index in [1.54, 1.807) is 0 Å². The Labute approximate surface area is 402 Å². The van der Waals surface area contributed by atoms with E-state index in [1.165, 1.54) is 99.3 Å². The molecule has 5 aromatic rings. The number of phenols is 2. The Bertz CT molecular complexity index is 2360. The van der Waals surface area contributed by atoms with E-state index in [0.29, 0.717) is 18.1 Å². The Hall–Kier alpha value is -3.69. The summed E-state index contributed by atoms with van der Waals surface area (Å²) in [4.78, 5) is 5.54. The van der Waals surface area contributed by atoms with E-state index in [1.807, 2.05) is 6.92 Å². The van der Waals surface area contributed by atoms with Gasteiger partial charge < -0.3 is 14.9 Å². The maximum atomic E-state index is 12.7. The van der Waals surface area contributed by atoms with Crippen LogP contribution in [-0.4, -0.2) is 21.8 Å². The molecule has 4 aromatic carbocycles. The average molecular weight is 931 g/mol. The zero-order valence-corrected chi connectivity index (χ0v) is 41.9. The van der Waals surface area contributed by atoms with E-state index >= 15 is 0 Å². The average Bonchev–Trinajstić information content (AvgIpc) is 3.22. The summed E-state index contributed by atoms with van der Waals surface area (Å²) < 4.78 is 6.37. The number of ether oxygens (including phenoxy) is 1. The number of phenolic OH excluding ortho intramolecular Hbond substituents is 2. The van der Waals surface area contributed by atoms with Crippen molar-refractivity contribution >= 4 is 0 Å². The van der Waals surface area contributed by atoms with Crippen LogP contribution in [0.2, 0.25) is 0 Å². The van der Waals surface area contributed by atoms with Crippen LogP contribution in [0.5, 0.6) is 17.2 Å². The maximum absolute atomic E-state index is 12.7. The second-order valence-electron chi connectivity index (χ2n) is 23.8. The van der Waals surface area contributed by atoms with Gasteiger partial charge in [-0.1, -0.05) is 102 Å². The Kier molecular flexibility index (Phi) is 11.0. The number of hydrogen-bond donors (Lipinski definition) is 2. The number of rotatable bonds is 8. The summed E-state index contributed by atoms with van der Waals surface area (Å²) >= 11 is 0. The molecule has 5 heteroatoms. The first-order valence-electron chi connectivity index (χ1n) is 24.7. The van der Waals surface area contributed by atoms with Gasteiger partial charge >= 0.3 is 0 Å². The van der Waals surface area contributed by atoms with Gasteiger partial charge in [0.1, 0.15) is 17.2 Å². The van der Waals surface area contributed by atoms with Gasteiger partial charge in [-0.15, -0.1) is 0 Å². The van der Waals surface area contributed by atoms with Crippen LogP contribution >= 0.6 is 0 Å². The minimum absolute atomic E-state index is 0. The predicted molar refractivity (Wildman–Crippen MR) is 258 cm³/mol. The molecule has 0 atom stereocenters. The number of aromatic nitrogens is 1. The molecule has 0 unspecified atom stereocenters. The minimum Gasteiger partial charge on any atom is -0.507 e. The molecule has 0 spiro atoms. The number of pyridine rings is 1. The van der Waals surface area contributed by atoms with Gasteiger partial charge in [-0.2, -0.15) is 0 Å². The van der Waals surface area contributed by atoms with Crippen LogP contribution in [-0.2, 0) is 47.9 Å². The van der Waals surface area contributed by atoms with Crippen LogP contribution < -0.4 is 4.74 Å². The van der Waals surface area contributed by atoms with Crippen molar-refractivity contribution < 1.29 is 41.2 Å². The molecule has 1 aromatic heterocycles. The molecule has 8 saturated carbocycles. The molecule has 8 aliphatic rings. The van der Waals surface area contributed by atoms with Crippen molar-refractivity contribution in [3.63, 3.8) is 0 Å². The van der Waals surface area contributed by atoms with E-state index in [-0.39, 0.29) is 47.9 Å². The van der Waals surface area contributed by atoms with Gasteiger partial charge in [-0.3, -0.25) is 0 Å². The van der Waals surface area contributed by atoms with E-state index < -0.39 is 0 Å². The molecule has 0 aliphatic heterocycles. The molecular weight excluding hydrogens is 862 g/mol. The fraction of sp³-hybridized carbons (Fsp3) is 0.508. The standard InChI is InChI=1S/C59H69NO3.Zr/c1-8-63-43-27-52(46-15-11-9-13-44(46)48-23-41(56(2,3)4)25-50(54(48)61)58-29-35-17-36(30-58)19-37(18-35)31-58)60-53(28-43)47-16-12-10-14-45(47)49-24-42(57(5,6)7)26-51(55(49)62)59-32-38-20-39(33-59)22-40(21-38)34-59;/h9-16,23-28,35-40,61-62H,8,17-22,29-34H2,1-7H3;. The molecule has 1 heterocycles. The Morgan fingerprint density at radius 1 is 0.500 bits per heavy atom. The largest absolute Gasteiger partial charge is 0.507 e. The summed E-state index contributed by atoms with van der Waals surface area (Å²) in [6.07, 6.45) is 15.4. The molecule has 0 radical (unpaired) electrons. The SMILES string of the molecule is CCOc1cc(-c2ccccc2-c2cc(C(C)(C)C)cc(C34CC5CC(CC(C5)C3)C4)c2O)nc(-c2ccccc2-c2cc(C(C)(C)C)cc(C34CC5CC(CC(C5)C3)C4)c2O)c1.[Zr]. The molecule has 0 amide bonds. The van der Waals surface area contributed by atoms with Crippen LogP contribution in [0.3, 0.4) is 0 Å². The van der Waals surface area contributed by atoms with Gasteiger partial charge in [-0.25, -0.2) is 4.98 Å². The van der Waals surface area contributed by atoms with Crippen molar-refractivity contribution in [2.45, 2.75) is 147 Å². The van der Waals surface area contributed by atoms with E-state index in [9.17, 15) is 10.2 Å². The number of benzene rings is 4. The van der Waals surface area contributed by atoms with E-state index in [2.05, 4.69) is 126 Å². The Balaban J connectivity index is 0.00000484. The van der Waals surface area contributed by atoms with Crippen LogP contribution in [0, 0.1) is 35.5 Å². The fourth-order valence-electron chi connectivity index (χ4n) is 15.1. The maximum Gasteiger partial charge on any atom is 0.127 e. The smallest absolute Gasteiger partial charge is 0.127 e. The van der Waals surface area contributed by atoms with Crippen LogP contribution in [0.1, 0.15) is 148 Å². The number of hydrogen-bond acceptors (Lipinski definition) is 4. The summed E-state index contributed by atoms with van der Waals surface area (Å²) in [5.41, 5.74) is 12.1. The first-order valence-corrected chi connectivity index (χ1v) is 24.7. The third kappa shape index (κ3) is 7.55. The van der Waals surface area contributed by atoms with E-state index in [4.69, 9.17) is 9.72 Å². The van der Waals surface area contributed by atoms with Crippen molar-refractivity contribution in [1.29, 1.82) is 0 Å². The van der Waals surface area contributed by atoms with Gasteiger partial charge in [0.15, 0.2) is 0 Å². The van der Waals surface area contributed by atoms with Gasteiger partial charge in [0.05, 0.1) is 18.0 Å². The summed E-state index contributed by atoms with van der Waals surface area (Å²) in [5.74, 6) is 6.31. The third-order valence-electron chi connectivity index (χ3n) is 17.3. The second-order valence-corrected chi connectivity index (χ2v) is 23.8. The molecule has 4 nitrogen and oxygen atoms in total. The van der Waals surface area contributed by atoms with Crippen LogP contribution in [0.4, 0.5) is 0 Å². The van der Waals surface area contributed by atoms with E-state index in [0.717, 1.165) is 86.0 Å². The van der Waals surface area contributed by atoms with Crippen molar-refractivity contribution in [1.82, 2.24) is 4.98 Å².